The summed E-state index contributed by atoms with van der Waals surface area (Å²) in [6.07, 6.45) is 11.0. The smallest absolute Gasteiger partial charge is 0.168 e. The van der Waals surface area contributed by atoms with Crippen molar-refractivity contribution in [1.82, 2.24) is 0 Å². The predicted molar refractivity (Wildman–Crippen MR) is 57.2 cm³/mol. The number of Topliss-reactive ketones (excluding diaryl/α,β-unsaturated/α-hetero) is 1. The van der Waals surface area contributed by atoms with Crippen molar-refractivity contribution < 1.29 is 9.53 Å². The van der Waals surface area contributed by atoms with Crippen molar-refractivity contribution in [3.63, 3.8) is 0 Å². The van der Waals surface area contributed by atoms with Crippen LogP contribution >= 0.6 is 0 Å². The zero-order valence-corrected chi connectivity index (χ0v) is 8.95. The van der Waals surface area contributed by atoms with Gasteiger partial charge in [0.25, 0.3) is 0 Å². The number of unbranched alkanes of at least 4 members (excludes halogenated alkanes) is 1. The van der Waals surface area contributed by atoms with Gasteiger partial charge in [0, 0.05) is 20.0 Å². The van der Waals surface area contributed by atoms with E-state index in [1.807, 2.05) is 24.3 Å². The van der Waals surface area contributed by atoms with Crippen LogP contribution in [-0.4, -0.2) is 18.5 Å². The molecule has 0 amide bonds. The van der Waals surface area contributed by atoms with E-state index in [9.17, 15) is 4.79 Å². The molecule has 1 rings (SSSR count). The molecule has 1 aliphatic carbocycles. The molecule has 0 aromatic carbocycles. The van der Waals surface area contributed by atoms with E-state index in [0.29, 0.717) is 12.8 Å². The number of rotatable bonds is 5. The van der Waals surface area contributed by atoms with E-state index in [0.717, 1.165) is 12.8 Å². The van der Waals surface area contributed by atoms with E-state index in [1.54, 1.807) is 7.11 Å². The van der Waals surface area contributed by atoms with Crippen LogP contribution in [0.4, 0.5) is 0 Å². The van der Waals surface area contributed by atoms with Crippen molar-refractivity contribution in [2.24, 2.45) is 0 Å². The summed E-state index contributed by atoms with van der Waals surface area (Å²) in [6.45, 7) is 2.09. The number of ether oxygens (including phenoxy) is 1. The highest BCUT2D eigenvalue weighted by molar-refractivity contribution is 5.90. The van der Waals surface area contributed by atoms with E-state index >= 15 is 0 Å². The molecule has 0 bridgehead atoms. The fourth-order valence-corrected chi connectivity index (χ4v) is 1.62. The Balaban J connectivity index is 2.65. The summed E-state index contributed by atoms with van der Waals surface area (Å²) in [6, 6.07) is 0. The minimum Gasteiger partial charge on any atom is -0.366 e. The van der Waals surface area contributed by atoms with Gasteiger partial charge in [-0.3, -0.25) is 4.79 Å². The second-order valence-electron chi connectivity index (χ2n) is 3.61. The van der Waals surface area contributed by atoms with Gasteiger partial charge >= 0.3 is 0 Å². The van der Waals surface area contributed by atoms with Crippen molar-refractivity contribution in [2.75, 3.05) is 7.11 Å². The molecule has 0 aromatic rings. The normalized spacial score (nSPS) is 25.3. The summed E-state index contributed by atoms with van der Waals surface area (Å²) in [4.78, 5) is 11.9. The first kappa shape index (κ1) is 11.2. The first-order valence-electron chi connectivity index (χ1n) is 5.18. The van der Waals surface area contributed by atoms with Crippen LogP contribution in [0.3, 0.4) is 0 Å². The van der Waals surface area contributed by atoms with Gasteiger partial charge in [0.05, 0.1) is 0 Å². The lowest BCUT2D eigenvalue weighted by Crippen LogP contribution is -2.39. The molecule has 1 aliphatic rings. The van der Waals surface area contributed by atoms with Crippen LogP contribution in [0.2, 0.25) is 0 Å². The Morgan fingerprint density at radius 1 is 1.50 bits per heavy atom. The van der Waals surface area contributed by atoms with Gasteiger partial charge in [-0.2, -0.15) is 0 Å². The molecule has 14 heavy (non-hydrogen) atoms. The van der Waals surface area contributed by atoms with Gasteiger partial charge in [0.15, 0.2) is 5.78 Å². The second-order valence-corrected chi connectivity index (χ2v) is 3.61. The molecule has 0 radical (unpaired) electrons. The predicted octanol–water partition coefficient (Wildman–Crippen LogP) is 2.65. The first-order chi connectivity index (χ1) is 6.75. The highest BCUT2D eigenvalue weighted by atomic mass is 16.5. The molecule has 0 fully saturated rings. The number of methoxy groups -OCH3 is 1. The Bertz CT molecular complexity index is 253. The largest absolute Gasteiger partial charge is 0.366 e. The third-order valence-electron chi connectivity index (χ3n) is 2.63. The SMILES string of the molecule is CCCCC(=O)C1(OC)C=CC=CC1. The van der Waals surface area contributed by atoms with Crippen LogP contribution in [0.1, 0.15) is 32.6 Å². The highest BCUT2D eigenvalue weighted by Gasteiger charge is 2.34. The van der Waals surface area contributed by atoms with E-state index in [4.69, 9.17) is 4.74 Å². The Morgan fingerprint density at radius 2 is 2.29 bits per heavy atom. The third-order valence-corrected chi connectivity index (χ3v) is 2.63. The summed E-state index contributed by atoms with van der Waals surface area (Å²) in [5.41, 5.74) is -0.677. The standard InChI is InChI=1S/C12H18O2/c1-3-4-8-11(13)12(14-2)9-6-5-7-10-12/h5-7,9H,3-4,8,10H2,1-2H3. The maximum Gasteiger partial charge on any atom is 0.168 e. The van der Waals surface area contributed by atoms with Gasteiger partial charge in [0.2, 0.25) is 0 Å². The van der Waals surface area contributed by atoms with Crippen LogP contribution in [0.25, 0.3) is 0 Å². The number of carbonyl (C=O) groups is 1. The van der Waals surface area contributed by atoms with Crippen LogP contribution in [0.5, 0.6) is 0 Å². The van der Waals surface area contributed by atoms with Crippen LogP contribution < -0.4 is 0 Å². The molecule has 0 saturated carbocycles. The van der Waals surface area contributed by atoms with E-state index < -0.39 is 5.60 Å². The lowest BCUT2D eigenvalue weighted by atomic mass is 9.88. The number of allylic oxidation sites excluding steroid dienone is 2. The van der Waals surface area contributed by atoms with Crippen molar-refractivity contribution in [3.05, 3.63) is 24.3 Å². The Hall–Kier alpha value is -0.890. The molecule has 0 aliphatic heterocycles. The van der Waals surface area contributed by atoms with Gasteiger partial charge in [-0.25, -0.2) is 0 Å². The first-order valence-corrected chi connectivity index (χ1v) is 5.18. The Kier molecular flexibility index (Phi) is 4.08. The summed E-state index contributed by atoms with van der Waals surface area (Å²) < 4.78 is 5.35. The zero-order valence-electron chi connectivity index (χ0n) is 8.95. The molecule has 2 heteroatoms. The van der Waals surface area contributed by atoms with Crippen LogP contribution in [-0.2, 0) is 9.53 Å². The maximum atomic E-state index is 11.9. The van der Waals surface area contributed by atoms with E-state index in [2.05, 4.69) is 6.92 Å². The van der Waals surface area contributed by atoms with Crippen molar-refractivity contribution in [1.29, 1.82) is 0 Å². The fraction of sp³-hybridized carbons (Fsp3) is 0.583. The summed E-state index contributed by atoms with van der Waals surface area (Å²) in [7, 11) is 1.60. The van der Waals surface area contributed by atoms with E-state index in [-0.39, 0.29) is 5.78 Å². The summed E-state index contributed by atoms with van der Waals surface area (Å²) >= 11 is 0. The lowest BCUT2D eigenvalue weighted by Gasteiger charge is -2.28. The molecular formula is C12H18O2. The maximum absolute atomic E-state index is 11.9. The highest BCUT2D eigenvalue weighted by Crippen LogP contribution is 2.24. The van der Waals surface area contributed by atoms with Crippen LogP contribution in [0, 0.1) is 0 Å². The number of hydrogen-bond acceptors (Lipinski definition) is 2. The van der Waals surface area contributed by atoms with Crippen molar-refractivity contribution in [2.45, 2.75) is 38.2 Å². The lowest BCUT2D eigenvalue weighted by molar-refractivity contribution is -0.135. The number of hydrogen-bond donors (Lipinski definition) is 0. The average molecular weight is 194 g/mol. The van der Waals surface area contributed by atoms with Crippen LogP contribution in [0.15, 0.2) is 24.3 Å². The quantitative estimate of drug-likeness (QED) is 0.672. The molecule has 0 N–H and O–H groups in total. The molecule has 1 atom stereocenters. The Labute approximate surface area is 85.6 Å². The molecular weight excluding hydrogens is 176 g/mol. The molecule has 1 unspecified atom stereocenters. The minimum absolute atomic E-state index is 0.197. The minimum atomic E-state index is -0.677. The van der Waals surface area contributed by atoms with Crippen molar-refractivity contribution in [3.8, 4) is 0 Å². The summed E-state index contributed by atoms with van der Waals surface area (Å²) in [5, 5.41) is 0. The van der Waals surface area contributed by atoms with Gasteiger partial charge in [-0.1, -0.05) is 31.6 Å². The topological polar surface area (TPSA) is 26.3 Å². The Morgan fingerprint density at radius 3 is 2.79 bits per heavy atom. The molecule has 78 valence electrons. The molecule has 0 heterocycles. The van der Waals surface area contributed by atoms with Gasteiger partial charge < -0.3 is 4.74 Å². The third kappa shape index (κ3) is 2.32. The number of carbonyl (C=O) groups excluding carboxylic acids is 1. The molecule has 2 nitrogen and oxygen atoms in total. The fourth-order valence-electron chi connectivity index (χ4n) is 1.62. The van der Waals surface area contributed by atoms with Crippen molar-refractivity contribution >= 4 is 5.78 Å². The van der Waals surface area contributed by atoms with Gasteiger partial charge in [-0.05, 0) is 12.5 Å². The van der Waals surface area contributed by atoms with Gasteiger partial charge in [0.1, 0.15) is 5.60 Å². The molecule has 0 aromatic heterocycles. The van der Waals surface area contributed by atoms with E-state index in [1.165, 1.54) is 0 Å². The number of ketones is 1. The molecule has 0 saturated heterocycles. The monoisotopic (exact) mass is 194 g/mol. The van der Waals surface area contributed by atoms with Gasteiger partial charge in [-0.15, -0.1) is 0 Å². The zero-order chi connectivity index (χ0) is 10.4. The average Bonchev–Trinajstić information content (AvgIpc) is 2.26. The second kappa shape index (κ2) is 5.11. The summed E-state index contributed by atoms with van der Waals surface area (Å²) in [5.74, 6) is 0.197. The molecule has 0 spiro atoms.